The van der Waals surface area contributed by atoms with Crippen LogP contribution in [0.2, 0.25) is 0 Å². The van der Waals surface area contributed by atoms with Crippen molar-refractivity contribution >= 4 is 11.9 Å². The molecule has 0 aromatic carbocycles. The second-order valence-corrected chi connectivity index (χ2v) is 3.21. The van der Waals surface area contributed by atoms with Gasteiger partial charge < -0.3 is 10.1 Å². The summed E-state index contributed by atoms with van der Waals surface area (Å²) in [5.41, 5.74) is 0. The summed E-state index contributed by atoms with van der Waals surface area (Å²) in [5, 5.41) is 2.69. The molecule has 0 radical (unpaired) electrons. The molecule has 0 atom stereocenters. The minimum atomic E-state index is -0.517. The van der Waals surface area contributed by atoms with E-state index in [4.69, 9.17) is 0 Å². The van der Waals surface area contributed by atoms with Crippen molar-refractivity contribution in [3.63, 3.8) is 0 Å². The van der Waals surface area contributed by atoms with Gasteiger partial charge in [-0.2, -0.15) is 0 Å². The third-order valence-corrected chi connectivity index (χ3v) is 1.90. The van der Waals surface area contributed by atoms with Gasteiger partial charge in [-0.1, -0.05) is 26.2 Å². The number of amides is 1. The maximum absolute atomic E-state index is 11.1. The van der Waals surface area contributed by atoms with Crippen molar-refractivity contribution in [2.45, 2.75) is 32.6 Å². The first-order chi connectivity index (χ1) is 7.20. The van der Waals surface area contributed by atoms with Crippen molar-refractivity contribution < 1.29 is 14.3 Å². The summed E-state index contributed by atoms with van der Waals surface area (Å²) in [5.74, 6) is -0.770. The van der Waals surface area contributed by atoms with E-state index in [1.165, 1.54) is 26.0 Å². The fraction of sp³-hybridized carbons (Fsp3) is 0.636. The van der Waals surface area contributed by atoms with Crippen LogP contribution in [0.4, 0.5) is 0 Å². The third kappa shape index (κ3) is 9.00. The standard InChI is InChI=1S/C11H19NO3/c1-3-4-5-6-9-12-10(13)7-8-11(14)15-2/h7-8H,3-6,9H2,1-2H3,(H,12,13)/b8-7-. The number of rotatable bonds is 7. The molecule has 15 heavy (non-hydrogen) atoms. The average molecular weight is 213 g/mol. The molecule has 0 aromatic heterocycles. The van der Waals surface area contributed by atoms with Gasteiger partial charge in [-0.25, -0.2) is 4.79 Å². The summed E-state index contributed by atoms with van der Waals surface area (Å²) in [6.45, 7) is 2.79. The number of carbonyl (C=O) groups is 2. The van der Waals surface area contributed by atoms with E-state index >= 15 is 0 Å². The van der Waals surface area contributed by atoms with Gasteiger partial charge in [0.15, 0.2) is 0 Å². The highest BCUT2D eigenvalue weighted by atomic mass is 16.5. The highest BCUT2D eigenvalue weighted by molar-refractivity contribution is 5.94. The average Bonchev–Trinajstić information content (AvgIpc) is 2.25. The Hall–Kier alpha value is -1.32. The molecule has 0 unspecified atom stereocenters. The number of esters is 1. The fourth-order valence-corrected chi connectivity index (χ4v) is 1.03. The first-order valence-corrected chi connectivity index (χ1v) is 5.24. The summed E-state index contributed by atoms with van der Waals surface area (Å²) < 4.78 is 4.35. The Bertz CT molecular complexity index is 224. The van der Waals surface area contributed by atoms with Crippen LogP contribution in [0.15, 0.2) is 12.2 Å². The predicted octanol–water partition coefficient (Wildman–Crippen LogP) is 1.41. The summed E-state index contributed by atoms with van der Waals surface area (Å²) >= 11 is 0. The number of ether oxygens (including phenoxy) is 1. The van der Waals surface area contributed by atoms with Gasteiger partial charge in [-0.15, -0.1) is 0 Å². The number of hydrogen-bond acceptors (Lipinski definition) is 3. The molecule has 0 aromatic rings. The molecule has 0 bridgehead atoms. The van der Waals surface area contributed by atoms with Gasteiger partial charge in [0, 0.05) is 18.7 Å². The SMILES string of the molecule is CCCCCCNC(=O)/C=C\C(=O)OC. The number of unbranched alkanes of at least 4 members (excludes halogenated alkanes) is 3. The highest BCUT2D eigenvalue weighted by Gasteiger charge is 1.96. The molecule has 0 saturated carbocycles. The Morgan fingerprint density at radius 3 is 2.53 bits per heavy atom. The molecule has 1 N–H and O–H groups in total. The van der Waals surface area contributed by atoms with E-state index in [1.807, 2.05) is 0 Å². The monoisotopic (exact) mass is 213 g/mol. The molecule has 0 aliphatic heterocycles. The second kappa shape index (κ2) is 9.24. The van der Waals surface area contributed by atoms with Crippen molar-refractivity contribution in [1.82, 2.24) is 5.32 Å². The zero-order chi connectivity index (χ0) is 11.5. The van der Waals surface area contributed by atoms with Crippen molar-refractivity contribution in [3.05, 3.63) is 12.2 Å². The molecule has 1 amide bonds. The quantitative estimate of drug-likeness (QED) is 0.395. The lowest BCUT2D eigenvalue weighted by atomic mass is 10.2. The van der Waals surface area contributed by atoms with Crippen LogP contribution >= 0.6 is 0 Å². The number of methoxy groups -OCH3 is 1. The van der Waals surface area contributed by atoms with E-state index in [9.17, 15) is 9.59 Å². The Kier molecular flexibility index (Phi) is 8.43. The zero-order valence-electron chi connectivity index (χ0n) is 9.41. The topological polar surface area (TPSA) is 55.4 Å². The maximum atomic E-state index is 11.1. The molecular weight excluding hydrogens is 194 g/mol. The lowest BCUT2D eigenvalue weighted by Crippen LogP contribution is -2.22. The molecule has 0 aliphatic carbocycles. The second-order valence-electron chi connectivity index (χ2n) is 3.21. The Morgan fingerprint density at radius 2 is 1.93 bits per heavy atom. The Morgan fingerprint density at radius 1 is 1.20 bits per heavy atom. The first-order valence-electron chi connectivity index (χ1n) is 5.24. The van der Waals surface area contributed by atoms with Gasteiger partial charge in [0.2, 0.25) is 5.91 Å². The van der Waals surface area contributed by atoms with Gasteiger partial charge in [0.25, 0.3) is 0 Å². The van der Waals surface area contributed by atoms with E-state index in [2.05, 4.69) is 17.0 Å². The summed E-state index contributed by atoms with van der Waals surface area (Å²) in [6, 6.07) is 0. The Balaban J connectivity index is 3.49. The number of hydrogen-bond donors (Lipinski definition) is 1. The van der Waals surface area contributed by atoms with E-state index in [1.54, 1.807) is 0 Å². The Labute approximate surface area is 90.7 Å². The maximum Gasteiger partial charge on any atom is 0.330 e. The first kappa shape index (κ1) is 13.7. The number of nitrogens with one attached hydrogen (secondary N) is 1. The molecule has 0 fully saturated rings. The number of carbonyl (C=O) groups excluding carboxylic acids is 2. The van der Waals surface area contributed by atoms with Crippen LogP contribution in [-0.4, -0.2) is 25.5 Å². The van der Waals surface area contributed by atoms with Crippen LogP contribution < -0.4 is 5.32 Å². The van der Waals surface area contributed by atoms with Crippen molar-refractivity contribution in [2.24, 2.45) is 0 Å². The van der Waals surface area contributed by atoms with Crippen LogP contribution in [-0.2, 0) is 14.3 Å². The van der Waals surface area contributed by atoms with E-state index < -0.39 is 5.97 Å². The van der Waals surface area contributed by atoms with Crippen LogP contribution in [0.1, 0.15) is 32.6 Å². The predicted molar refractivity (Wildman–Crippen MR) is 58.3 cm³/mol. The molecule has 0 aliphatic rings. The van der Waals surface area contributed by atoms with Crippen LogP contribution in [0, 0.1) is 0 Å². The van der Waals surface area contributed by atoms with Gasteiger partial charge in [0.05, 0.1) is 7.11 Å². The van der Waals surface area contributed by atoms with Gasteiger partial charge in [0.1, 0.15) is 0 Å². The normalized spacial score (nSPS) is 10.3. The van der Waals surface area contributed by atoms with Crippen molar-refractivity contribution in [3.8, 4) is 0 Å². The van der Waals surface area contributed by atoms with E-state index in [0.717, 1.165) is 18.9 Å². The lowest BCUT2D eigenvalue weighted by molar-refractivity contribution is -0.135. The van der Waals surface area contributed by atoms with Gasteiger partial charge in [-0.3, -0.25) is 4.79 Å². The van der Waals surface area contributed by atoms with Crippen LogP contribution in [0.5, 0.6) is 0 Å². The molecule has 4 nitrogen and oxygen atoms in total. The van der Waals surface area contributed by atoms with Crippen molar-refractivity contribution in [1.29, 1.82) is 0 Å². The fourth-order valence-electron chi connectivity index (χ4n) is 1.03. The minimum Gasteiger partial charge on any atom is -0.466 e. The van der Waals surface area contributed by atoms with E-state index in [-0.39, 0.29) is 5.91 Å². The lowest BCUT2D eigenvalue weighted by Gasteiger charge is -2.00. The van der Waals surface area contributed by atoms with Gasteiger partial charge >= 0.3 is 5.97 Å². The molecule has 0 spiro atoms. The molecule has 86 valence electrons. The molecule has 0 saturated heterocycles. The third-order valence-electron chi connectivity index (χ3n) is 1.90. The summed E-state index contributed by atoms with van der Waals surface area (Å²) in [6.07, 6.45) is 6.76. The van der Waals surface area contributed by atoms with Crippen LogP contribution in [0.25, 0.3) is 0 Å². The van der Waals surface area contributed by atoms with Gasteiger partial charge in [-0.05, 0) is 6.42 Å². The van der Waals surface area contributed by atoms with Crippen LogP contribution in [0.3, 0.4) is 0 Å². The highest BCUT2D eigenvalue weighted by Crippen LogP contribution is 1.96. The molecule has 0 rings (SSSR count). The summed E-state index contributed by atoms with van der Waals surface area (Å²) in [7, 11) is 1.27. The zero-order valence-corrected chi connectivity index (χ0v) is 9.41. The minimum absolute atomic E-state index is 0.253. The molecule has 0 heterocycles. The molecular formula is C11H19NO3. The smallest absolute Gasteiger partial charge is 0.330 e. The van der Waals surface area contributed by atoms with E-state index in [0.29, 0.717) is 6.54 Å². The molecule has 4 heteroatoms. The summed E-state index contributed by atoms with van der Waals surface area (Å²) in [4.78, 5) is 21.7. The van der Waals surface area contributed by atoms with Crippen molar-refractivity contribution in [2.75, 3.05) is 13.7 Å². The largest absolute Gasteiger partial charge is 0.466 e.